The number of sulfone groups is 1. The van der Waals surface area contributed by atoms with Crippen molar-refractivity contribution < 1.29 is 13.2 Å². The van der Waals surface area contributed by atoms with Gasteiger partial charge in [-0.2, -0.15) is 0 Å². The zero-order chi connectivity index (χ0) is 12.5. The van der Waals surface area contributed by atoms with Crippen LogP contribution >= 0.6 is 12.4 Å². The summed E-state index contributed by atoms with van der Waals surface area (Å²) in [6.45, 7) is 0.986. The molecular weight excluding hydrogens is 276 g/mol. The Hall–Kier alpha value is -0.330. The van der Waals surface area contributed by atoms with Crippen LogP contribution in [0.1, 0.15) is 25.7 Å². The van der Waals surface area contributed by atoms with Gasteiger partial charge in [-0.15, -0.1) is 12.4 Å². The molecule has 0 aromatic carbocycles. The van der Waals surface area contributed by atoms with Crippen molar-refractivity contribution in [1.29, 1.82) is 0 Å². The minimum atomic E-state index is -2.91. The Balaban J connectivity index is 0.00000162. The molecule has 2 atom stereocenters. The Morgan fingerprint density at radius 3 is 2.61 bits per heavy atom. The summed E-state index contributed by atoms with van der Waals surface area (Å²) in [7, 11) is -1.19. The normalized spacial score (nSPS) is 29.8. The molecule has 5 nitrogen and oxygen atoms in total. The van der Waals surface area contributed by atoms with Crippen LogP contribution in [-0.4, -0.2) is 56.4 Å². The minimum Gasteiger partial charge on any atom is -0.342 e. The Labute approximate surface area is 115 Å². The van der Waals surface area contributed by atoms with Crippen molar-refractivity contribution in [2.45, 2.75) is 37.8 Å². The summed E-state index contributed by atoms with van der Waals surface area (Å²) < 4.78 is 22.7. The summed E-state index contributed by atoms with van der Waals surface area (Å²) in [6.07, 6.45) is 3.25. The van der Waals surface area contributed by atoms with Crippen LogP contribution in [0.25, 0.3) is 0 Å². The van der Waals surface area contributed by atoms with Crippen molar-refractivity contribution in [3.8, 4) is 0 Å². The highest BCUT2D eigenvalue weighted by Gasteiger charge is 2.33. The van der Waals surface area contributed by atoms with Crippen LogP contribution in [0.5, 0.6) is 0 Å². The molecule has 0 spiro atoms. The number of carbonyl (C=O) groups is 1. The fourth-order valence-electron chi connectivity index (χ4n) is 2.57. The van der Waals surface area contributed by atoms with Crippen LogP contribution in [-0.2, 0) is 14.6 Å². The van der Waals surface area contributed by atoms with E-state index in [1.54, 1.807) is 11.9 Å². The van der Waals surface area contributed by atoms with E-state index in [2.05, 4.69) is 5.32 Å². The molecule has 1 N–H and O–H groups in total. The number of carbonyl (C=O) groups excluding carboxylic acids is 1. The molecule has 106 valence electrons. The van der Waals surface area contributed by atoms with Crippen LogP contribution < -0.4 is 5.32 Å². The van der Waals surface area contributed by atoms with E-state index in [0.717, 1.165) is 19.4 Å². The van der Waals surface area contributed by atoms with Gasteiger partial charge >= 0.3 is 0 Å². The molecule has 2 rings (SSSR count). The average molecular weight is 297 g/mol. The Morgan fingerprint density at radius 1 is 1.39 bits per heavy atom. The Morgan fingerprint density at radius 2 is 2.11 bits per heavy atom. The smallest absolute Gasteiger partial charge is 0.224 e. The minimum absolute atomic E-state index is 0. The second kappa shape index (κ2) is 6.21. The third kappa shape index (κ3) is 3.83. The highest BCUT2D eigenvalue weighted by atomic mass is 35.5. The molecule has 2 heterocycles. The summed E-state index contributed by atoms with van der Waals surface area (Å²) >= 11 is 0. The summed E-state index contributed by atoms with van der Waals surface area (Å²) in [6, 6.07) is 0.164. The van der Waals surface area contributed by atoms with Crippen molar-refractivity contribution in [3.63, 3.8) is 0 Å². The average Bonchev–Trinajstić information content (AvgIpc) is 2.86. The van der Waals surface area contributed by atoms with Crippen molar-refractivity contribution in [2.75, 3.05) is 25.1 Å². The first kappa shape index (κ1) is 15.7. The molecule has 0 aromatic rings. The van der Waals surface area contributed by atoms with E-state index < -0.39 is 9.84 Å². The lowest BCUT2D eigenvalue weighted by Crippen LogP contribution is -2.40. The number of rotatable bonds is 3. The maximum Gasteiger partial charge on any atom is 0.224 e. The van der Waals surface area contributed by atoms with E-state index in [0.29, 0.717) is 12.8 Å². The molecule has 1 amide bonds. The van der Waals surface area contributed by atoms with Crippen molar-refractivity contribution in [1.82, 2.24) is 10.2 Å². The highest BCUT2D eigenvalue weighted by Crippen LogP contribution is 2.18. The lowest BCUT2D eigenvalue weighted by Gasteiger charge is -2.24. The van der Waals surface area contributed by atoms with Crippen molar-refractivity contribution in [3.05, 3.63) is 0 Å². The molecule has 2 unspecified atom stereocenters. The van der Waals surface area contributed by atoms with Gasteiger partial charge in [-0.3, -0.25) is 4.79 Å². The maximum atomic E-state index is 12.0. The summed E-state index contributed by atoms with van der Waals surface area (Å²) in [4.78, 5) is 13.6. The number of hydrogen-bond acceptors (Lipinski definition) is 4. The third-order valence-corrected chi connectivity index (χ3v) is 5.48. The van der Waals surface area contributed by atoms with Gasteiger partial charge in [0.1, 0.15) is 0 Å². The Bertz CT molecular complexity index is 393. The quantitative estimate of drug-likeness (QED) is 0.808. The van der Waals surface area contributed by atoms with Crippen LogP contribution in [0.4, 0.5) is 0 Å². The second-order valence-corrected chi connectivity index (χ2v) is 7.29. The standard InChI is InChI=1S/C11H20N2O3S.ClH/c1-13(10-4-6-17(15,16)8-10)11(14)7-9-3-2-5-12-9;/h9-10,12H,2-8H2,1H3;1H. The van der Waals surface area contributed by atoms with E-state index in [-0.39, 0.29) is 41.9 Å². The number of hydrogen-bond donors (Lipinski definition) is 1. The number of halogens is 1. The molecule has 0 saturated carbocycles. The molecule has 2 saturated heterocycles. The van der Waals surface area contributed by atoms with Gasteiger partial charge in [-0.05, 0) is 25.8 Å². The monoisotopic (exact) mass is 296 g/mol. The van der Waals surface area contributed by atoms with E-state index in [9.17, 15) is 13.2 Å². The van der Waals surface area contributed by atoms with Gasteiger partial charge in [-0.1, -0.05) is 0 Å². The summed E-state index contributed by atoms with van der Waals surface area (Å²) in [5.74, 6) is 0.413. The number of nitrogens with one attached hydrogen (secondary N) is 1. The van der Waals surface area contributed by atoms with E-state index in [1.807, 2.05) is 0 Å². The maximum absolute atomic E-state index is 12.0. The van der Waals surface area contributed by atoms with Crippen molar-refractivity contribution >= 4 is 28.2 Å². The third-order valence-electron chi connectivity index (χ3n) is 3.73. The van der Waals surface area contributed by atoms with Gasteiger partial charge in [0.05, 0.1) is 11.5 Å². The molecule has 7 heteroatoms. The molecule has 2 aliphatic heterocycles. The zero-order valence-corrected chi connectivity index (χ0v) is 12.2. The molecule has 0 aliphatic carbocycles. The van der Waals surface area contributed by atoms with Crippen LogP contribution in [0, 0.1) is 0 Å². The second-order valence-electron chi connectivity index (χ2n) is 5.06. The molecule has 0 bridgehead atoms. The largest absolute Gasteiger partial charge is 0.342 e. The molecule has 2 fully saturated rings. The molecule has 2 aliphatic rings. The molecular formula is C11H21ClN2O3S. The van der Waals surface area contributed by atoms with Crippen molar-refractivity contribution in [2.24, 2.45) is 0 Å². The van der Waals surface area contributed by atoms with Crippen LogP contribution in [0.3, 0.4) is 0 Å². The Kier molecular flexibility index (Phi) is 5.43. The van der Waals surface area contributed by atoms with Gasteiger partial charge < -0.3 is 10.2 Å². The van der Waals surface area contributed by atoms with Crippen LogP contribution in [0.2, 0.25) is 0 Å². The number of amides is 1. The SMILES string of the molecule is CN(C(=O)CC1CCCN1)C1CCS(=O)(=O)C1.Cl. The molecule has 0 aromatic heterocycles. The van der Waals surface area contributed by atoms with Crippen LogP contribution in [0.15, 0.2) is 0 Å². The lowest BCUT2D eigenvalue weighted by molar-refractivity contribution is -0.132. The fraction of sp³-hybridized carbons (Fsp3) is 0.909. The first-order chi connectivity index (χ1) is 7.98. The zero-order valence-electron chi connectivity index (χ0n) is 10.6. The van der Waals surface area contributed by atoms with E-state index >= 15 is 0 Å². The summed E-state index contributed by atoms with van der Waals surface area (Å²) in [5.41, 5.74) is 0. The van der Waals surface area contributed by atoms with Gasteiger partial charge in [0.2, 0.25) is 5.91 Å². The van der Waals surface area contributed by atoms with Gasteiger partial charge in [0, 0.05) is 25.6 Å². The van der Waals surface area contributed by atoms with E-state index in [1.165, 1.54) is 0 Å². The molecule has 0 radical (unpaired) electrons. The number of nitrogens with zero attached hydrogens (tertiary/aromatic N) is 1. The topological polar surface area (TPSA) is 66.5 Å². The molecule has 18 heavy (non-hydrogen) atoms. The predicted molar refractivity (Wildman–Crippen MR) is 72.7 cm³/mol. The van der Waals surface area contributed by atoms with Gasteiger partial charge in [0.15, 0.2) is 9.84 Å². The predicted octanol–water partition coefficient (Wildman–Crippen LogP) is 0.196. The first-order valence-corrected chi connectivity index (χ1v) is 7.99. The van der Waals surface area contributed by atoms with Gasteiger partial charge in [0.25, 0.3) is 0 Å². The first-order valence-electron chi connectivity index (χ1n) is 6.17. The summed E-state index contributed by atoms with van der Waals surface area (Å²) in [5, 5.41) is 3.28. The fourth-order valence-corrected chi connectivity index (χ4v) is 4.34. The van der Waals surface area contributed by atoms with E-state index in [4.69, 9.17) is 0 Å². The highest BCUT2D eigenvalue weighted by molar-refractivity contribution is 7.91. The van der Waals surface area contributed by atoms with Gasteiger partial charge in [-0.25, -0.2) is 8.42 Å². The lowest BCUT2D eigenvalue weighted by atomic mass is 10.1.